The van der Waals surface area contributed by atoms with E-state index in [0.29, 0.717) is 11.5 Å². The van der Waals surface area contributed by atoms with Crippen molar-refractivity contribution < 1.29 is 21.9 Å². The molecule has 24 heavy (non-hydrogen) atoms. The maximum atomic E-state index is 12.3. The molecular weight excluding hydrogens is 455 g/mol. The third-order valence-corrected chi connectivity index (χ3v) is 4.71. The first kappa shape index (κ1) is 22.8. The molecule has 1 aromatic carbocycles. The van der Waals surface area contributed by atoms with Gasteiger partial charge in [-0.25, -0.2) is 8.42 Å². The number of aliphatic imine (C=N–C) groups is 1. The van der Waals surface area contributed by atoms with Gasteiger partial charge in [0.1, 0.15) is 5.75 Å². The Morgan fingerprint density at radius 2 is 1.96 bits per heavy atom. The fourth-order valence-electron chi connectivity index (χ4n) is 1.73. The number of nitrogens with zero attached hydrogens (tertiary/aromatic N) is 1. The van der Waals surface area contributed by atoms with Crippen LogP contribution in [0.25, 0.3) is 0 Å². The molecule has 0 aliphatic carbocycles. The van der Waals surface area contributed by atoms with Gasteiger partial charge in [-0.1, -0.05) is 25.1 Å². The van der Waals surface area contributed by atoms with E-state index in [1.54, 1.807) is 25.1 Å². The van der Waals surface area contributed by atoms with E-state index in [9.17, 15) is 17.2 Å². The predicted molar refractivity (Wildman–Crippen MR) is 101 cm³/mol. The lowest BCUT2D eigenvalue weighted by Gasteiger charge is -2.14. The van der Waals surface area contributed by atoms with E-state index in [1.807, 2.05) is 0 Å². The van der Waals surface area contributed by atoms with E-state index in [0.717, 1.165) is 0 Å². The quantitative estimate of drug-likeness (QED) is 0.340. The molecule has 0 heterocycles. The van der Waals surface area contributed by atoms with Gasteiger partial charge in [0.15, 0.2) is 15.8 Å². The van der Waals surface area contributed by atoms with Crippen molar-refractivity contribution in [3.05, 3.63) is 29.8 Å². The highest BCUT2D eigenvalue weighted by Gasteiger charge is 2.10. The second kappa shape index (κ2) is 11.4. The van der Waals surface area contributed by atoms with Crippen molar-refractivity contribution in [3.8, 4) is 5.75 Å². The lowest BCUT2D eigenvalue weighted by molar-refractivity contribution is -0.0504. The Kier molecular flexibility index (Phi) is 10.8. The largest absolute Gasteiger partial charge is 0.434 e. The highest BCUT2D eigenvalue weighted by molar-refractivity contribution is 14.0. The Labute approximate surface area is 158 Å². The average Bonchev–Trinajstić information content (AvgIpc) is 2.51. The summed E-state index contributed by atoms with van der Waals surface area (Å²) in [6, 6.07) is 6.41. The second-order valence-electron chi connectivity index (χ2n) is 4.58. The number of hydrogen-bond donors (Lipinski definition) is 2. The van der Waals surface area contributed by atoms with Crippen molar-refractivity contribution in [2.24, 2.45) is 4.99 Å². The molecule has 6 nitrogen and oxygen atoms in total. The van der Waals surface area contributed by atoms with Crippen LogP contribution in [0.4, 0.5) is 8.78 Å². The minimum atomic E-state index is -3.06. The molecule has 0 unspecified atom stereocenters. The number of nitrogens with one attached hydrogen (secondary N) is 2. The van der Waals surface area contributed by atoms with Crippen LogP contribution in [0.3, 0.4) is 0 Å². The van der Waals surface area contributed by atoms with Gasteiger partial charge in [-0.15, -0.1) is 24.0 Å². The van der Waals surface area contributed by atoms with Crippen LogP contribution >= 0.6 is 24.0 Å². The minimum absolute atomic E-state index is 0. The maximum absolute atomic E-state index is 12.3. The Morgan fingerprint density at radius 3 is 2.54 bits per heavy atom. The Balaban J connectivity index is 0.00000529. The molecule has 0 radical (unpaired) electrons. The second-order valence-corrected chi connectivity index (χ2v) is 7.05. The molecule has 0 aromatic heterocycles. The zero-order chi connectivity index (χ0) is 17.3. The molecule has 0 bridgehead atoms. The van der Waals surface area contributed by atoms with Crippen LogP contribution in [-0.2, 0) is 16.4 Å². The molecule has 0 aliphatic heterocycles. The fraction of sp³-hybridized carbons (Fsp3) is 0.500. The van der Waals surface area contributed by atoms with Crippen LogP contribution < -0.4 is 15.4 Å². The van der Waals surface area contributed by atoms with E-state index in [1.165, 1.54) is 13.1 Å². The Hall–Kier alpha value is -1.17. The first-order valence-corrected chi connectivity index (χ1v) is 8.87. The molecule has 1 aromatic rings. The van der Waals surface area contributed by atoms with Gasteiger partial charge < -0.3 is 15.4 Å². The van der Waals surface area contributed by atoms with E-state index in [-0.39, 0.29) is 54.3 Å². The highest BCUT2D eigenvalue weighted by Crippen LogP contribution is 2.19. The standard InChI is InChI=1S/C14H21F2N3O3S.HI/c1-3-23(20,21)9-8-18-14(17-2)19-10-11-6-4-5-7-12(11)22-13(15)16;/h4-7,13H,3,8-10H2,1-2H3,(H2,17,18,19);1H. The highest BCUT2D eigenvalue weighted by atomic mass is 127. The molecule has 0 spiro atoms. The summed E-state index contributed by atoms with van der Waals surface area (Å²) >= 11 is 0. The van der Waals surface area contributed by atoms with Crippen LogP contribution in [-0.4, -0.2) is 46.1 Å². The van der Waals surface area contributed by atoms with Gasteiger partial charge in [0.2, 0.25) is 0 Å². The van der Waals surface area contributed by atoms with Gasteiger partial charge in [0.05, 0.1) is 5.75 Å². The monoisotopic (exact) mass is 477 g/mol. The van der Waals surface area contributed by atoms with Crippen molar-refractivity contribution in [3.63, 3.8) is 0 Å². The summed E-state index contributed by atoms with van der Waals surface area (Å²) in [7, 11) is -1.53. The molecule has 10 heteroatoms. The summed E-state index contributed by atoms with van der Waals surface area (Å²) in [6.07, 6.45) is 0. The summed E-state index contributed by atoms with van der Waals surface area (Å²) in [5.74, 6) is 0.538. The van der Waals surface area contributed by atoms with Crippen LogP contribution in [0.2, 0.25) is 0 Å². The zero-order valence-electron chi connectivity index (χ0n) is 13.5. The molecule has 0 aliphatic rings. The molecule has 2 N–H and O–H groups in total. The summed E-state index contributed by atoms with van der Waals surface area (Å²) in [4.78, 5) is 3.95. The smallest absolute Gasteiger partial charge is 0.387 e. The van der Waals surface area contributed by atoms with Gasteiger partial charge in [0.25, 0.3) is 0 Å². The molecule has 0 saturated carbocycles. The number of halogens is 3. The van der Waals surface area contributed by atoms with Crippen molar-refractivity contribution in [2.75, 3.05) is 25.1 Å². The van der Waals surface area contributed by atoms with Crippen LogP contribution in [0.1, 0.15) is 12.5 Å². The summed E-state index contributed by atoms with van der Waals surface area (Å²) in [6.45, 7) is -0.885. The van der Waals surface area contributed by atoms with Crippen molar-refractivity contribution >= 4 is 39.8 Å². The number of sulfone groups is 1. The van der Waals surface area contributed by atoms with E-state index >= 15 is 0 Å². The number of para-hydroxylation sites is 1. The van der Waals surface area contributed by atoms with Crippen LogP contribution in [0.5, 0.6) is 5.75 Å². The average molecular weight is 477 g/mol. The van der Waals surface area contributed by atoms with E-state index in [4.69, 9.17) is 0 Å². The number of guanidine groups is 1. The number of hydrogen-bond acceptors (Lipinski definition) is 4. The third-order valence-electron chi connectivity index (χ3n) is 3.00. The first-order chi connectivity index (χ1) is 10.9. The predicted octanol–water partition coefficient (Wildman–Crippen LogP) is 2.01. The molecular formula is C14H22F2IN3O3S. The molecule has 0 amide bonds. The lowest BCUT2D eigenvalue weighted by Crippen LogP contribution is -2.39. The van der Waals surface area contributed by atoms with Gasteiger partial charge in [0, 0.05) is 31.5 Å². The first-order valence-electron chi connectivity index (χ1n) is 7.05. The normalized spacial score (nSPS) is 11.8. The van der Waals surface area contributed by atoms with Crippen molar-refractivity contribution in [1.29, 1.82) is 0 Å². The number of benzene rings is 1. The Bertz CT molecular complexity index is 627. The van der Waals surface area contributed by atoms with Gasteiger partial charge in [-0.2, -0.15) is 8.78 Å². The summed E-state index contributed by atoms with van der Waals surface area (Å²) < 4.78 is 51.9. The number of ether oxygens (including phenoxy) is 1. The molecule has 1 rings (SSSR count). The van der Waals surface area contributed by atoms with E-state index in [2.05, 4.69) is 20.4 Å². The Morgan fingerprint density at radius 1 is 1.29 bits per heavy atom. The van der Waals surface area contributed by atoms with Crippen molar-refractivity contribution in [2.45, 2.75) is 20.1 Å². The third kappa shape index (κ3) is 8.62. The molecule has 0 fully saturated rings. The topological polar surface area (TPSA) is 79.8 Å². The van der Waals surface area contributed by atoms with Crippen LogP contribution in [0.15, 0.2) is 29.3 Å². The number of rotatable bonds is 8. The molecule has 138 valence electrons. The fourth-order valence-corrected chi connectivity index (χ4v) is 2.43. The minimum Gasteiger partial charge on any atom is -0.434 e. The van der Waals surface area contributed by atoms with Crippen LogP contribution in [0, 0.1) is 0 Å². The summed E-state index contributed by atoms with van der Waals surface area (Å²) in [5.41, 5.74) is 0.539. The SMILES string of the molecule is CCS(=O)(=O)CCNC(=NC)NCc1ccccc1OC(F)F.I. The van der Waals surface area contributed by atoms with E-state index < -0.39 is 16.4 Å². The van der Waals surface area contributed by atoms with Crippen molar-refractivity contribution in [1.82, 2.24) is 10.6 Å². The van der Waals surface area contributed by atoms with Gasteiger partial charge >= 0.3 is 6.61 Å². The maximum Gasteiger partial charge on any atom is 0.387 e. The summed E-state index contributed by atoms with van der Waals surface area (Å²) in [5, 5.41) is 5.78. The molecule has 0 atom stereocenters. The molecule has 0 saturated heterocycles. The number of alkyl halides is 2. The zero-order valence-corrected chi connectivity index (χ0v) is 16.6. The van der Waals surface area contributed by atoms with Gasteiger partial charge in [-0.3, -0.25) is 4.99 Å². The van der Waals surface area contributed by atoms with Gasteiger partial charge in [-0.05, 0) is 6.07 Å². The lowest BCUT2D eigenvalue weighted by atomic mass is 10.2.